The molecule has 1 fully saturated rings. The lowest BCUT2D eigenvalue weighted by Crippen LogP contribution is -2.49. The zero-order valence-electron chi connectivity index (χ0n) is 16.1. The van der Waals surface area contributed by atoms with Crippen molar-refractivity contribution >= 4 is 15.8 Å². The fourth-order valence-electron chi connectivity index (χ4n) is 3.27. The van der Waals surface area contributed by atoms with E-state index >= 15 is 0 Å². The third-order valence-electron chi connectivity index (χ3n) is 4.74. The van der Waals surface area contributed by atoms with Crippen molar-refractivity contribution in [3.05, 3.63) is 41.7 Å². The Hall–Kier alpha value is -2.03. The molecule has 3 rings (SSSR count). The van der Waals surface area contributed by atoms with Crippen molar-refractivity contribution in [1.82, 2.24) is 14.3 Å². The van der Waals surface area contributed by atoms with Crippen LogP contribution in [0.15, 0.2) is 30.6 Å². The Balaban J connectivity index is 1.72. The van der Waals surface area contributed by atoms with Gasteiger partial charge < -0.3 is 9.64 Å². The molecular weight excluding hydrogens is 364 g/mol. The van der Waals surface area contributed by atoms with Crippen LogP contribution in [0.4, 0.5) is 5.82 Å². The lowest BCUT2D eigenvalue weighted by molar-refractivity contribution is 0.215. The summed E-state index contributed by atoms with van der Waals surface area (Å²) in [5, 5.41) is 0. The van der Waals surface area contributed by atoms with Gasteiger partial charge in [0, 0.05) is 51.2 Å². The molecule has 8 heteroatoms. The van der Waals surface area contributed by atoms with Gasteiger partial charge in [0.15, 0.2) is 0 Å². The second-order valence-corrected chi connectivity index (χ2v) is 8.86. The molecule has 1 saturated heterocycles. The van der Waals surface area contributed by atoms with Crippen molar-refractivity contribution in [2.45, 2.75) is 13.8 Å². The summed E-state index contributed by atoms with van der Waals surface area (Å²) >= 11 is 0. The lowest BCUT2D eigenvalue weighted by Gasteiger charge is -2.34. The van der Waals surface area contributed by atoms with Crippen molar-refractivity contribution in [3.63, 3.8) is 0 Å². The maximum atomic E-state index is 12.3. The second-order valence-electron chi connectivity index (χ2n) is 6.78. The van der Waals surface area contributed by atoms with Gasteiger partial charge in [-0.25, -0.2) is 13.4 Å². The number of ether oxygens (including phenoxy) is 1. The molecule has 0 bridgehead atoms. The van der Waals surface area contributed by atoms with E-state index in [1.165, 1.54) is 11.4 Å². The van der Waals surface area contributed by atoms with Gasteiger partial charge in [0.05, 0.1) is 18.1 Å². The average Bonchev–Trinajstić information content (AvgIpc) is 2.67. The second kappa shape index (κ2) is 8.33. The molecule has 0 unspecified atom stereocenters. The first-order valence-corrected chi connectivity index (χ1v) is 10.6. The first-order chi connectivity index (χ1) is 12.9. The number of sulfonamides is 1. The van der Waals surface area contributed by atoms with Gasteiger partial charge in [-0.05, 0) is 37.1 Å². The largest absolute Gasteiger partial charge is 0.384 e. The van der Waals surface area contributed by atoms with Crippen molar-refractivity contribution in [2.24, 2.45) is 0 Å². The third-order valence-corrected chi connectivity index (χ3v) is 6.57. The van der Waals surface area contributed by atoms with E-state index in [9.17, 15) is 8.42 Å². The van der Waals surface area contributed by atoms with Crippen LogP contribution in [0.5, 0.6) is 0 Å². The molecule has 1 aliphatic heterocycles. The smallest absolute Gasteiger partial charge is 0.216 e. The van der Waals surface area contributed by atoms with E-state index in [1.807, 2.05) is 25.3 Å². The summed E-state index contributed by atoms with van der Waals surface area (Å²) in [7, 11) is -1.75. The SMILES string of the molecule is COCCS(=O)(=O)N1CCN(c2cc(-c3ncc(C)cc3C)ccn2)CC1. The van der Waals surface area contributed by atoms with E-state index in [0.717, 1.165) is 28.2 Å². The van der Waals surface area contributed by atoms with E-state index in [2.05, 4.69) is 27.9 Å². The minimum atomic E-state index is -3.26. The zero-order valence-corrected chi connectivity index (χ0v) is 16.9. The quantitative estimate of drug-likeness (QED) is 0.749. The summed E-state index contributed by atoms with van der Waals surface area (Å²) in [6.07, 6.45) is 3.65. The van der Waals surface area contributed by atoms with E-state index in [4.69, 9.17) is 4.74 Å². The fraction of sp³-hybridized carbons (Fsp3) is 0.474. The maximum absolute atomic E-state index is 12.3. The molecule has 2 aromatic rings. The van der Waals surface area contributed by atoms with Crippen molar-refractivity contribution in [1.29, 1.82) is 0 Å². The first-order valence-electron chi connectivity index (χ1n) is 9.02. The Morgan fingerprint density at radius 1 is 1.11 bits per heavy atom. The number of aromatic nitrogens is 2. The van der Waals surface area contributed by atoms with Crippen LogP contribution in [0.25, 0.3) is 11.3 Å². The molecule has 27 heavy (non-hydrogen) atoms. The summed E-state index contributed by atoms with van der Waals surface area (Å²) in [6.45, 7) is 6.45. The molecule has 2 aromatic heterocycles. The molecule has 0 aliphatic carbocycles. The molecule has 0 aromatic carbocycles. The Morgan fingerprint density at radius 2 is 1.85 bits per heavy atom. The van der Waals surface area contributed by atoms with Gasteiger partial charge in [0.2, 0.25) is 10.0 Å². The van der Waals surface area contributed by atoms with Crippen LogP contribution in [0.2, 0.25) is 0 Å². The van der Waals surface area contributed by atoms with Crippen LogP contribution in [-0.4, -0.2) is 68.3 Å². The molecule has 0 spiro atoms. The predicted octanol–water partition coefficient (Wildman–Crippen LogP) is 1.86. The van der Waals surface area contributed by atoms with E-state index in [0.29, 0.717) is 26.2 Å². The highest BCUT2D eigenvalue weighted by Crippen LogP contribution is 2.25. The molecule has 0 radical (unpaired) electrons. The summed E-state index contributed by atoms with van der Waals surface area (Å²) < 4.78 is 31.0. The summed E-state index contributed by atoms with van der Waals surface area (Å²) in [6, 6.07) is 6.10. The van der Waals surface area contributed by atoms with E-state index in [1.54, 1.807) is 6.20 Å². The zero-order chi connectivity index (χ0) is 19.4. The molecule has 146 valence electrons. The minimum absolute atomic E-state index is 0.0234. The van der Waals surface area contributed by atoms with Crippen molar-refractivity contribution in [2.75, 3.05) is 50.5 Å². The molecule has 0 N–H and O–H groups in total. The molecule has 1 aliphatic rings. The number of hydrogen-bond donors (Lipinski definition) is 0. The molecule has 7 nitrogen and oxygen atoms in total. The third kappa shape index (κ3) is 4.63. The van der Waals surface area contributed by atoms with Gasteiger partial charge >= 0.3 is 0 Å². The van der Waals surface area contributed by atoms with Crippen LogP contribution in [0.1, 0.15) is 11.1 Å². The van der Waals surface area contributed by atoms with E-state index < -0.39 is 10.0 Å². The average molecular weight is 391 g/mol. The van der Waals surface area contributed by atoms with Crippen LogP contribution in [0.3, 0.4) is 0 Å². The summed E-state index contributed by atoms with van der Waals surface area (Å²) in [4.78, 5) is 11.2. The standard InChI is InChI=1S/C19H26N4O3S/c1-15-12-16(2)19(21-14-15)17-4-5-20-18(13-17)22-6-8-23(9-7-22)27(24,25)11-10-26-3/h4-5,12-14H,6-11H2,1-3H3. The predicted molar refractivity (Wildman–Crippen MR) is 106 cm³/mol. The highest BCUT2D eigenvalue weighted by molar-refractivity contribution is 7.89. The van der Waals surface area contributed by atoms with E-state index in [-0.39, 0.29) is 12.4 Å². The number of piperazine rings is 1. The van der Waals surface area contributed by atoms with Crippen LogP contribution in [0, 0.1) is 13.8 Å². The van der Waals surface area contributed by atoms with Crippen LogP contribution < -0.4 is 4.90 Å². The Kier molecular flexibility index (Phi) is 6.08. The first kappa shape index (κ1) is 19.7. The summed E-state index contributed by atoms with van der Waals surface area (Å²) in [5.41, 5.74) is 4.23. The van der Waals surface area contributed by atoms with Gasteiger partial charge in [-0.1, -0.05) is 6.07 Å². The number of aryl methyl sites for hydroxylation is 2. The lowest BCUT2D eigenvalue weighted by atomic mass is 10.1. The monoisotopic (exact) mass is 390 g/mol. The van der Waals surface area contributed by atoms with Crippen LogP contribution >= 0.6 is 0 Å². The fourth-order valence-corrected chi connectivity index (χ4v) is 4.62. The molecule has 3 heterocycles. The van der Waals surface area contributed by atoms with Gasteiger partial charge in [-0.15, -0.1) is 0 Å². The highest BCUT2D eigenvalue weighted by atomic mass is 32.2. The van der Waals surface area contributed by atoms with Crippen molar-refractivity contribution < 1.29 is 13.2 Å². The maximum Gasteiger partial charge on any atom is 0.216 e. The Labute approximate surface area is 161 Å². The highest BCUT2D eigenvalue weighted by Gasteiger charge is 2.27. The normalized spacial score (nSPS) is 15.9. The molecule has 0 amide bonds. The van der Waals surface area contributed by atoms with Gasteiger partial charge in [0.1, 0.15) is 5.82 Å². The Bertz CT molecular complexity index is 894. The van der Waals surface area contributed by atoms with Gasteiger partial charge in [-0.3, -0.25) is 4.98 Å². The molecule has 0 saturated carbocycles. The van der Waals surface area contributed by atoms with Crippen molar-refractivity contribution in [3.8, 4) is 11.3 Å². The summed E-state index contributed by atoms with van der Waals surface area (Å²) in [5.74, 6) is 0.874. The van der Waals surface area contributed by atoms with Gasteiger partial charge in [-0.2, -0.15) is 4.31 Å². The molecule has 0 atom stereocenters. The topological polar surface area (TPSA) is 75.6 Å². The van der Waals surface area contributed by atoms with Gasteiger partial charge in [0.25, 0.3) is 0 Å². The number of hydrogen-bond acceptors (Lipinski definition) is 6. The molecular formula is C19H26N4O3S. The number of pyridine rings is 2. The van der Waals surface area contributed by atoms with Crippen LogP contribution in [-0.2, 0) is 14.8 Å². The minimum Gasteiger partial charge on any atom is -0.384 e. The number of methoxy groups -OCH3 is 1. The number of rotatable bonds is 6. The Morgan fingerprint density at radius 3 is 2.52 bits per heavy atom. The number of nitrogens with zero attached hydrogens (tertiary/aromatic N) is 4. The number of anilines is 1.